The molecule has 0 aromatic heterocycles. The standard InChI is InChI=1S/C8H10ClNO2/c1-11-7-4-3-6(10-9)5-8(7)12-2/h3-5,10H,1-2H3. The molecule has 0 unspecified atom stereocenters. The Kier molecular flexibility index (Phi) is 3.05. The minimum Gasteiger partial charge on any atom is -0.493 e. The molecule has 1 aromatic carbocycles. The van der Waals surface area contributed by atoms with Gasteiger partial charge in [0.2, 0.25) is 0 Å². The van der Waals surface area contributed by atoms with Gasteiger partial charge in [-0.3, -0.25) is 4.84 Å². The zero-order valence-electron chi connectivity index (χ0n) is 6.93. The fourth-order valence-corrected chi connectivity index (χ4v) is 1.01. The van der Waals surface area contributed by atoms with Crippen LogP contribution < -0.4 is 14.3 Å². The van der Waals surface area contributed by atoms with Crippen molar-refractivity contribution in [3.05, 3.63) is 18.2 Å². The molecule has 0 bridgehead atoms. The molecule has 1 N–H and O–H groups in total. The molecule has 1 rings (SSSR count). The van der Waals surface area contributed by atoms with Gasteiger partial charge in [-0.2, -0.15) is 0 Å². The van der Waals surface area contributed by atoms with Crippen molar-refractivity contribution >= 4 is 17.5 Å². The molecule has 0 atom stereocenters. The zero-order valence-corrected chi connectivity index (χ0v) is 7.68. The van der Waals surface area contributed by atoms with Gasteiger partial charge < -0.3 is 9.47 Å². The first-order chi connectivity index (χ1) is 5.81. The molecule has 0 aliphatic rings. The maximum atomic E-state index is 5.41. The smallest absolute Gasteiger partial charge is 0.162 e. The summed E-state index contributed by atoms with van der Waals surface area (Å²) in [6.07, 6.45) is 0. The Hall–Kier alpha value is -1.09. The normalized spacial score (nSPS) is 9.25. The molecule has 0 amide bonds. The summed E-state index contributed by atoms with van der Waals surface area (Å²) in [6.45, 7) is 0. The van der Waals surface area contributed by atoms with Crippen LogP contribution in [0.2, 0.25) is 0 Å². The van der Waals surface area contributed by atoms with Crippen LogP contribution in [0, 0.1) is 0 Å². The molecule has 0 spiro atoms. The predicted molar refractivity (Wildman–Crippen MR) is 49.0 cm³/mol. The summed E-state index contributed by atoms with van der Waals surface area (Å²) in [4.78, 5) is 2.49. The van der Waals surface area contributed by atoms with Crippen LogP contribution in [-0.2, 0) is 0 Å². The highest BCUT2D eigenvalue weighted by molar-refractivity contribution is 6.24. The van der Waals surface area contributed by atoms with Crippen LogP contribution in [0.25, 0.3) is 0 Å². The lowest BCUT2D eigenvalue weighted by Gasteiger charge is -2.07. The lowest BCUT2D eigenvalue weighted by molar-refractivity contribution is 0.355. The summed E-state index contributed by atoms with van der Waals surface area (Å²) < 4.78 is 10.1. The highest BCUT2D eigenvalue weighted by Crippen LogP contribution is 2.29. The average Bonchev–Trinajstić information content (AvgIpc) is 2.16. The van der Waals surface area contributed by atoms with E-state index in [4.69, 9.17) is 21.3 Å². The van der Waals surface area contributed by atoms with Crippen LogP contribution in [0.15, 0.2) is 18.2 Å². The molecule has 3 nitrogen and oxygen atoms in total. The summed E-state index contributed by atoms with van der Waals surface area (Å²) in [7, 11) is 3.17. The second kappa shape index (κ2) is 4.07. The molecule has 1 aromatic rings. The number of nitrogens with one attached hydrogen (secondary N) is 1. The van der Waals surface area contributed by atoms with Crippen molar-refractivity contribution in [2.24, 2.45) is 0 Å². The maximum absolute atomic E-state index is 5.41. The maximum Gasteiger partial charge on any atom is 0.162 e. The van der Waals surface area contributed by atoms with Crippen LogP contribution in [0.5, 0.6) is 11.5 Å². The highest BCUT2D eigenvalue weighted by atomic mass is 35.5. The second-order valence-electron chi connectivity index (χ2n) is 2.16. The number of ether oxygens (including phenoxy) is 2. The van der Waals surface area contributed by atoms with Gasteiger partial charge in [0.15, 0.2) is 11.5 Å². The van der Waals surface area contributed by atoms with Crippen molar-refractivity contribution in [2.45, 2.75) is 0 Å². The number of anilines is 1. The van der Waals surface area contributed by atoms with Crippen LogP contribution in [0.4, 0.5) is 5.69 Å². The Morgan fingerprint density at radius 2 is 1.83 bits per heavy atom. The van der Waals surface area contributed by atoms with Crippen LogP contribution >= 0.6 is 11.8 Å². The molecule has 0 saturated carbocycles. The molecule has 0 heterocycles. The molecule has 0 aliphatic carbocycles. The van der Waals surface area contributed by atoms with Crippen LogP contribution in [0.3, 0.4) is 0 Å². The van der Waals surface area contributed by atoms with E-state index in [2.05, 4.69) is 4.84 Å². The third-order valence-corrected chi connectivity index (χ3v) is 1.71. The van der Waals surface area contributed by atoms with E-state index in [-0.39, 0.29) is 0 Å². The Balaban J connectivity index is 3.02. The van der Waals surface area contributed by atoms with Gasteiger partial charge in [-0.1, -0.05) is 0 Å². The topological polar surface area (TPSA) is 30.5 Å². The van der Waals surface area contributed by atoms with E-state index in [1.54, 1.807) is 32.4 Å². The van der Waals surface area contributed by atoms with Crippen LogP contribution in [0.1, 0.15) is 0 Å². The third kappa shape index (κ3) is 1.74. The fourth-order valence-electron chi connectivity index (χ4n) is 0.895. The Bertz CT molecular complexity index is 265. The summed E-state index contributed by atoms with van der Waals surface area (Å²) in [5.41, 5.74) is 0.773. The lowest BCUT2D eigenvalue weighted by Crippen LogP contribution is -1.91. The van der Waals surface area contributed by atoms with Gasteiger partial charge in [0.1, 0.15) is 0 Å². The number of rotatable bonds is 3. The van der Waals surface area contributed by atoms with Gasteiger partial charge in [-0.25, -0.2) is 0 Å². The molecule has 66 valence electrons. The van der Waals surface area contributed by atoms with Gasteiger partial charge in [-0.15, -0.1) is 0 Å². The predicted octanol–water partition coefficient (Wildman–Crippen LogP) is 2.27. The monoisotopic (exact) mass is 187 g/mol. The zero-order chi connectivity index (χ0) is 8.97. The van der Waals surface area contributed by atoms with Crippen molar-refractivity contribution in [1.29, 1.82) is 0 Å². The van der Waals surface area contributed by atoms with Crippen molar-refractivity contribution in [2.75, 3.05) is 19.1 Å². The Morgan fingerprint density at radius 3 is 2.33 bits per heavy atom. The van der Waals surface area contributed by atoms with E-state index in [1.165, 1.54) is 0 Å². The lowest BCUT2D eigenvalue weighted by atomic mass is 10.3. The highest BCUT2D eigenvalue weighted by Gasteiger charge is 2.02. The molecule has 12 heavy (non-hydrogen) atoms. The SMILES string of the molecule is COc1ccc(NCl)cc1OC. The first-order valence-electron chi connectivity index (χ1n) is 3.40. The summed E-state index contributed by atoms with van der Waals surface area (Å²) in [5, 5.41) is 0. The van der Waals surface area contributed by atoms with Crippen molar-refractivity contribution in [3.63, 3.8) is 0 Å². The van der Waals surface area contributed by atoms with Gasteiger partial charge >= 0.3 is 0 Å². The van der Waals surface area contributed by atoms with Crippen LogP contribution in [-0.4, -0.2) is 14.2 Å². The fraction of sp³-hybridized carbons (Fsp3) is 0.250. The Labute approximate surface area is 76.4 Å². The minimum atomic E-state index is 0.656. The molecule has 0 saturated heterocycles. The van der Waals surface area contributed by atoms with E-state index in [0.717, 1.165) is 5.69 Å². The minimum absolute atomic E-state index is 0.656. The summed E-state index contributed by atoms with van der Waals surface area (Å²) >= 11 is 5.41. The van der Waals surface area contributed by atoms with E-state index in [1.807, 2.05) is 0 Å². The van der Waals surface area contributed by atoms with Gasteiger partial charge in [0, 0.05) is 17.8 Å². The molecule has 0 radical (unpaired) electrons. The first kappa shape index (κ1) is 9.00. The number of methoxy groups -OCH3 is 2. The number of halogens is 1. The molecule has 0 fully saturated rings. The number of hydrogen-bond acceptors (Lipinski definition) is 3. The average molecular weight is 188 g/mol. The van der Waals surface area contributed by atoms with E-state index < -0.39 is 0 Å². The van der Waals surface area contributed by atoms with Gasteiger partial charge in [0.05, 0.1) is 19.9 Å². The van der Waals surface area contributed by atoms with Gasteiger partial charge in [-0.05, 0) is 12.1 Å². The molecule has 4 heteroatoms. The summed E-state index contributed by atoms with van der Waals surface area (Å²) in [5.74, 6) is 1.34. The van der Waals surface area contributed by atoms with E-state index >= 15 is 0 Å². The van der Waals surface area contributed by atoms with Crippen molar-refractivity contribution in [1.82, 2.24) is 0 Å². The van der Waals surface area contributed by atoms with E-state index in [0.29, 0.717) is 11.5 Å². The Morgan fingerprint density at radius 1 is 1.17 bits per heavy atom. The molecule has 0 aliphatic heterocycles. The largest absolute Gasteiger partial charge is 0.493 e. The van der Waals surface area contributed by atoms with Crippen molar-refractivity contribution in [3.8, 4) is 11.5 Å². The second-order valence-corrected chi connectivity index (χ2v) is 2.35. The number of benzene rings is 1. The molecular weight excluding hydrogens is 178 g/mol. The van der Waals surface area contributed by atoms with E-state index in [9.17, 15) is 0 Å². The third-order valence-electron chi connectivity index (χ3n) is 1.49. The summed E-state index contributed by atoms with van der Waals surface area (Å²) in [6, 6.07) is 5.34. The molecular formula is C8H10ClNO2. The first-order valence-corrected chi connectivity index (χ1v) is 3.78. The quantitative estimate of drug-likeness (QED) is 0.737. The van der Waals surface area contributed by atoms with Gasteiger partial charge in [0.25, 0.3) is 0 Å². The number of hydrogen-bond donors (Lipinski definition) is 1. The van der Waals surface area contributed by atoms with Crippen molar-refractivity contribution < 1.29 is 9.47 Å².